The quantitative estimate of drug-likeness (QED) is 0.370. The molecule has 0 amide bonds. The summed E-state index contributed by atoms with van der Waals surface area (Å²) in [4.78, 5) is 19.9. The van der Waals surface area contributed by atoms with E-state index in [0.717, 1.165) is 12.6 Å². The summed E-state index contributed by atoms with van der Waals surface area (Å²) in [5, 5.41) is 0. The van der Waals surface area contributed by atoms with Crippen LogP contribution in [0.5, 0.6) is 0 Å². The number of aldehydes is 2. The molecule has 0 bridgehead atoms. The first-order chi connectivity index (χ1) is 8.91. The van der Waals surface area contributed by atoms with Crippen molar-refractivity contribution in [2.24, 2.45) is 0 Å². The van der Waals surface area contributed by atoms with Crippen molar-refractivity contribution >= 4 is 12.6 Å². The molecule has 0 aromatic heterocycles. The van der Waals surface area contributed by atoms with Crippen LogP contribution in [-0.4, -0.2) is 12.6 Å². The molecule has 2 nitrogen and oxygen atoms in total. The lowest BCUT2D eigenvalue weighted by Crippen LogP contribution is -1.56. The predicted molar refractivity (Wildman–Crippen MR) is 76.1 cm³/mol. The minimum Gasteiger partial charge on any atom is -0.299 e. The van der Waals surface area contributed by atoms with Gasteiger partial charge in [-0.3, -0.25) is 9.59 Å². The summed E-state index contributed by atoms with van der Waals surface area (Å²) < 4.78 is 0. The Hall–Kier alpha value is -2.48. The fraction of sp³-hybridized carbons (Fsp3) is 0. The predicted octanol–water partition coefficient (Wildman–Crippen LogP) is 3.28. The van der Waals surface area contributed by atoms with Crippen molar-refractivity contribution in [2.75, 3.05) is 0 Å². The molecule has 0 atom stereocenters. The van der Waals surface area contributed by atoms with E-state index in [-0.39, 0.29) is 0 Å². The molecule has 0 aliphatic rings. The van der Waals surface area contributed by atoms with Crippen molar-refractivity contribution in [1.29, 1.82) is 0 Å². The zero-order valence-corrected chi connectivity index (χ0v) is 10.1. The summed E-state index contributed by atoms with van der Waals surface area (Å²) in [6.07, 6.45) is 26.1. The first-order valence-electron chi connectivity index (χ1n) is 5.47. The maximum atomic E-state index is 9.94. The van der Waals surface area contributed by atoms with E-state index in [1.807, 2.05) is 48.6 Å². The third-order valence-corrected chi connectivity index (χ3v) is 1.60. The Morgan fingerprint density at radius 3 is 0.611 bits per heavy atom. The molecule has 0 aliphatic heterocycles. The maximum absolute atomic E-state index is 9.94. The van der Waals surface area contributed by atoms with Crippen LogP contribution < -0.4 is 0 Å². The van der Waals surface area contributed by atoms with E-state index in [9.17, 15) is 9.59 Å². The van der Waals surface area contributed by atoms with E-state index < -0.39 is 0 Å². The summed E-state index contributed by atoms with van der Waals surface area (Å²) in [6, 6.07) is 0. The number of hydrogen-bond donors (Lipinski definition) is 0. The SMILES string of the molecule is O=C/C=C/C=C/C=C/C=C/C=C/C=C/C=C/C=O. The van der Waals surface area contributed by atoms with Crippen LogP contribution in [0.15, 0.2) is 85.1 Å². The molecular formula is C16H16O2. The number of carbonyl (C=O) groups excluding carboxylic acids is 2. The number of hydrogen-bond acceptors (Lipinski definition) is 2. The Balaban J connectivity index is 3.82. The van der Waals surface area contributed by atoms with Gasteiger partial charge >= 0.3 is 0 Å². The largest absolute Gasteiger partial charge is 0.299 e. The monoisotopic (exact) mass is 240 g/mol. The minimum atomic E-state index is 0.733. The van der Waals surface area contributed by atoms with E-state index >= 15 is 0 Å². The normalized spacial score (nSPS) is 13.6. The van der Waals surface area contributed by atoms with Gasteiger partial charge in [-0.1, -0.05) is 72.9 Å². The Morgan fingerprint density at radius 2 is 0.444 bits per heavy atom. The Morgan fingerprint density at radius 1 is 0.278 bits per heavy atom. The molecule has 18 heavy (non-hydrogen) atoms. The van der Waals surface area contributed by atoms with E-state index in [1.165, 1.54) is 12.2 Å². The van der Waals surface area contributed by atoms with Gasteiger partial charge in [0.15, 0.2) is 0 Å². The van der Waals surface area contributed by atoms with E-state index in [0.29, 0.717) is 0 Å². The topological polar surface area (TPSA) is 34.1 Å². The number of carbonyl (C=O) groups is 2. The van der Waals surface area contributed by atoms with Crippen LogP contribution >= 0.6 is 0 Å². The highest BCUT2D eigenvalue weighted by molar-refractivity contribution is 5.65. The van der Waals surface area contributed by atoms with Crippen LogP contribution in [0.1, 0.15) is 0 Å². The molecule has 0 heterocycles. The summed E-state index contributed by atoms with van der Waals surface area (Å²) in [5.74, 6) is 0. The molecule has 0 radical (unpaired) electrons. The first-order valence-corrected chi connectivity index (χ1v) is 5.47. The van der Waals surface area contributed by atoms with Crippen molar-refractivity contribution in [3.05, 3.63) is 85.1 Å². The third-order valence-electron chi connectivity index (χ3n) is 1.60. The molecule has 0 aromatic rings. The van der Waals surface area contributed by atoms with Gasteiger partial charge in [-0.25, -0.2) is 0 Å². The highest BCUT2D eigenvalue weighted by Crippen LogP contribution is 1.84. The van der Waals surface area contributed by atoms with Crippen LogP contribution in [-0.2, 0) is 9.59 Å². The van der Waals surface area contributed by atoms with Crippen LogP contribution in [0.25, 0.3) is 0 Å². The lowest BCUT2D eigenvalue weighted by Gasteiger charge is -1.74. The van der Waals surface area contributed by atoms with Crippen molar-refractivity contribution in [3.8, 4) is 0 Å². The van der Waals surface area contributed by atoms with E-state index in [1.54, 1.807) is 24.3 Å². The molecule has 0 aromatic carbocycles. The Bertz CT molecular complexity index is 376. The van der Waals surface area contributed by atoms with Crippen LogP contribution in [0, 0.1) is 0 Å². The fourth-order valence-electron chi connectivity index (χ4n) is 0.861. The van der Waals surface area contributed by atoms with Gasteiger partial charge in [0.2, 0.25) is 0 Å². The number of rotatable bonds is 8. The number of allylic oxidation sites excluding steroid dienone is 14. The van der Waals surface area contributed by atoms with Crippen molar-refractivity contribution in [2.45, 2.75) is 0 Å². The van der Waals surface area contributed by atoms with Gasteiger partial charge in [0.05, 0.1) is 0 Å². The average molecular weight is 240 g/mol. The zero-order valence-electron chi connectivity index (χ0n) is 10.1. The second-order valence-corrected chi connectivity index (χ2v) is 2.97. The van der Waals surface area contributed by atoms with Crippen molar-refractivity contribution in [1.82, 2.24) is 0 Å². The second kappa shape index (κ2) is 14.5. The molecular weight excluding hydrogens is 224 g/mol. The Kier molecular flexibility index (Phi) is 12.5. The van der Waals surface area contributed by atoms with Crippen LogP contribution in [0.3, 0.4) is 0 Å². The van der Waals surface area contributed by atoms with Gasteiger partial charge in [-0.2, -0.15) is 0 Å². The van der Waals surface area contributed by atoms with Crippen molar-refractivity contribution < 1.29 is 9.59 Å². The molecule has 0 aliphatic carbocycles. The minimum absolute atomic E-state index is 0.733. The molecule has 0 fully saturated rings. The lowest BCUT2D eigenvalue weighted by molar-refractivity contribution is -0.104. The van der Waals surface area contributed by atoms with Gasteiger partial charge < -0.3 is 0 Å². The van der Waals surface area contributed by atoms with E-state index in [2.05, 4.69) is 0 Å². The standard InChI is InChI=1S/C16H16O2/c17-15-13-11-9-7-5-3-1-2-4-6-8-10-12-14-16-18/h1-16H/b2-1+,5-3+,6-4+,9-7+,10-8+,13-11+,14-12+. The lowest BCUT2D eigenvalue weighted by atomic mass is 10.3. The molecule has 0 saturated carbocycles. The van der Waals surface area contributed by atoms with Gasteiger partial charge in [0, 0.05) is 0 Å². The third kappa shape index (κ3) is 13.5. The van der Waals surface area contributed by atoms with Crippen molar-refractivity contribution in [3.63, 3.8) is 0 Å². The molecule has 0 N–H and O–H groups in total. The van der Waals surface area contributed by atoms with Gasteiger partial charge in [-0.05, 0) is 12.2 Å². The van der Waals surface area contributed by atoms with Gasteiger partial charge in [0.25, 0.3) is 0 Å². The molecule has 0 rings (SSSR count). The first kappa shape index (κ1) is 15.5. The van der Waals surface area contributed by atoms with Crippen LogP contribution in [0.2, 0.25) is 0 Å². The maximum Gasteiger partial charge on any atom is 0.142 e. The van der Waals surface area contributed by atoms with Gasteiger partial charge in [0.1, 0.15) is 12.6 Å². The summed E-state index contributed by atoms with van der Waals surface area (Å²) >= 11 is 0. The van der Waals surface area contributed by atoms with Gasteiger partial charge in [-0.15, -0.1) is 0 Å². The zero-order chi connectivity index (χ0) is 13.3. The highest BCUT2D eigenvalue weighted by atomic mass is 16.1. The average Bonchev–Trinajstić information content (AvgIpc) is 2.39. The van der Waals surface area contributed by atoms with Crippen LogP contribution in [0.4, 0.5) is 0 Å². The summed E-state index contributed by atoms with van der Waals surface area (Å²) in [6.45, 7) is 0. The summed E-state index contributed by atoms with van der Waals surface area (Å²) in [7, 11) is 0. The second-order valence-electron chi connectivity index (χ2n) is 2.97. The van der Waals surface area contributed by atoms with E-state index in [4.69, 9.17) is 0 Å². The molecule has 0 saturated heterocycles. The molecule has 0 spiro atoms. The smallest absolute Gasteiger partial charge is 0.142 e. The fourth-order valence-corrected chi connectivity index (χ4v) is 0.861. The highest BCUT2D eigenvalue weighted by Gasteiger charge is 1.64. The molecule has 2 heteroatoms. The summed E-state index contributed by atoms with van der Waals surface area (Å²) in [5.41, 5.74) is 0. The molecule has 92 valence electrons. The molecule has 0 unspecified atom stereocenters. The Labute approximate surface area is 108 Å².